The molecule has 0 saturated heterocycles. The van der Waals surface area contributed by atoms with E-state index in [-0.39, 0.29) is 11.7 Å². The number of hydrogen-bond acceptors (Lipinski definition) is 2. The summed E-state index contributed by atoms with van der Waals surface area (Å²) in [5.41, 5.74) is 2.73. The molecule has 1 amide bonds. The second-order valence-corrected chi connectivity index (χ2v) is 5.78. The summed E-state index contributed by atoms with van der Waals surface area (Å²) in [5, 5.41) is 2.89. The van der Waals surface area contributed by atoms with Crippen molar-refractivity contribution in [1.82, 2.24) is 4.98 Å². The Morgan fingerprint density at radius 3 is 2.74 bits per heavy atom. The molecule has 122 valence electrons. The number of carbonyl (C=O) groups is 1. The first-order chi connectivity index (χ1) is 11.1. The molecule has 0 atom stereocenters. The molecule has 0 aliphatic rings. The number of anilines is 1. The van der Waals surface area contributed by atoms with Crippen LogP contribution in [0.3, 0.4) is 0 Å². The predicted molar refractivity (Wildman–Crippen MR) is 90.8 cm³/mol. The van der Waals surface area contributed by atoms with E-state index in [1.54, 1.807) is 24.4 Å². The van der Waals surface area contributed by atoms with E-state index >= 15 is 0 Å². The number of pyridine rings is 1. The van der Waals surface area contributed by atoms with Gasteiger partial charge in [0.15, 0.2) is 0 Å². The van der Waals surface area contributed by atoms with E-state index in [0.717, 1.165) is 49.0 Å². The maximum atomic E-state index is 13.0. The summed E-state index contributed by atoms with van der Waals surface area (Å²) in [4.78, 5) is 15.9. The smallest absolute Gasteiger partial charge is 0.224 e. The molecule has 2 rings (SSSR count). The first-order valence-corrected chi connectivity index (χ1v) is 8.10. The number of benzene rings is 1. The molecule has 0 aliphatic carbocycles. The topological polar surface area (TPSA) is 42.0 Å². The Kier molecular flexibility index (Phi) is 6.73. The second-order valence-electron chi connectivity index (χ2n) is 5.78. The highest BCUT2D eigenvalue weighted by molar-refractivity contribution is 5.90. The van der Waals surface area contributed by atoms with Gasteiger partial charge in [0.25, 0.3) is 0 Å². The zero-order valence-electron chi connectivity index (χ0n) is 13.5. The van der Waals surface area contributed by atoms with Crippen molar-refractivity contribution in [1.29, 1.82) is 0 Å². The summed E-state index contributed by atoms with van der Waals surface area (Å²) >= 11 is 0. The average molecular weight is 314 g/mol. The van der Waals surface area contributed by atoms with Gasteiger partial charge in [-0.1, -0.05) is 25.0 Å². The van der Waals surface area contributed by atoms with Gasteiger partial charge >= 0.3 is 0 Å². The number of nitrogens with one attached hydrogen (secondary N) is 1. The first kappa shape index (κ1) is 17.1. The van der Waals surface area contributed by atoms with Gasteiger partial charge in [-0.05, 0) is 56.0 Å². The third kappa shape index (κ3) is 6.59. The van der Waals surface area contributed by atoms with Crippen molar-refractivity contribution in [2.45, 2.75) is 45.4 Å². The van der Waals surface area contributed by atoms with Crippen LogP contribution in [-0.2, 0) is 11.2 Å². The van der Waals surface area contributed by atoms with Crippen molar-refractivity contribution < 1.29 is 9.18 Å². The van der Waals surface area contributed by atoms with Crippen LogP contribution in [0.4, 0.5) is 10.1 Å². The standard InChI is InChI=1S/C19H23FN2O/c1-15-13-18(11-12-21-15)22-19(23)10-5-3-2-4-7-16-8-6-9-17(20)14-16/h6,8-9,11-14H,2-5,7,10H2,1H3,(H,21,22,23). The van der Waals surface area contributed by atoms with Crippen LogP contribution in [0.2, 0.25) is 0 Å². The molecule has 23 heavy (non-hydrogen) atoms. The SMILES string of the molecule is Cc1cc(NC(=O)CCCCCCc2cccc(F)c2)ccn1. The summed E-state index contributed by atoms with van der Waals surface area (Å²) < 4.78 is 13.0. The molecule has 0 spiro atoms. The van der Waals surface area contributed by atoms with E-state index in [1.165, 1.54) is 6.07 Å². The molecule has 0 bridgehead atoms. The monoisotopic (exact) mass is 314 g/mol. The van der Waals surface area contributed by atoms with Gasteiger partial charge in [-0.15, -0.1) is 0 Å². The van der Waals surface area contributed by atoms with Crippen molar-refractivity contribution in [2.75, 3.05) is 5.32 Å². The van der Waals surface area contributed by atoms with Crippen LogP contribution in [0.5, 0.6) is 0 Å². The molecule has 1 N–H and O–H groups in total. The third-order valence-electron chi connectivity index (χ3n) is 3.69. The number of rotatable bonds is 8. The van der Waals surface area contributed by atoms with Gasteiger partial charge in [-0.3, -0.25) is 9.78 Å². The molecular weight excluding hydrogens is 291 g/mol. The molecule has 0 fully saturated rings. The molecule has 1 aromatic heterocycles. The number of halogens is 1. The highest BCUT2D eigenvalue weighted by Crippen LogP contribution is 2.12. The van der Waals surface area contributed by atoms with Crippen LogP contribution in [0.15, 0.2) is 42.6 Å². The van der Waals surface area contributed by atoms with E-state index in [2.05, 4.69) is 10.3 Å². The van der Waals surface area contributed by atoms with Crippen LogP contribution < -0.4 is 5.32 Å². The number of unbranched alkanes of at least 4 members (excludes halogenated alkanes) is 3. The Hall–Kier alpha value is -2.23. The van der Waals surface area contributed by atoms with Gasteiger partial charge in [0.05, 0.1) is 0 Å². The number of nitrogens with zero attached hydrogens (tertiary/aromatic N) is 1. The summed E-state index contributed by atoms with van der Waals surface area (Å²) in [6, 6.07) is 10.4. The summed E-state index contributed by atoms with van der Waals surface area (Å²) in [7, 11) is 0. The summed E-state index contributed by atoms with van der Waals surface area (Å²) in [6.07, 6.45) is 7.07. The minimum absolute atomic E-state index is 0.0423. The van der Waals surface area contributed by atoms with Gasteiger partial charge in [-0.25, -0.2) is 4.39 Å². The van der Waals surface area contributed by atoms with Crippen molar-refractivity contribution in [3.8, 4) is 0 Å². The minimum atomic E-state index is -0.175. The van der Waals surface area contributed by atoms with Crippen LogP contribution in [0.25, 0.3) is 0 Å². The third-order valence-corrected chi connectivity index (χ3v) is 3.69. The van der Waals surface area contributed by atoms with Crippen molar-refractivity contribution in [2.24, 2.45) is 0 Å². The molecule has 0 saturated carbocycles. The Balaban J connectivity index is 1.57. The van der Waals surface area contributed by atoms with Crippen molar-refractivity contribution >= 4 is 11.6 Å². The number of aromatic nitrogens is 1. The molecule has 0 aliphatic heterocycles. The number of amides is 1. The van der Waals surface area contributed by atoms with Gasteiger partial charge in [0.1, 0.15) is 5.82 Å². The van der Waals surface area contributed by atoms with E-state index < -0.39 is 0 Å². The fourth-order valence-electron chi connectivity index (χ4n) is 2.51. The number of hydrogen-bond donors (Lipinski definition) is 1. The Morgan fingerprint density at radius 2 is 1.96 bits per heavy atom. The van der Waals surface area contributed by atoms with E-state index in [1.807, 2.05) is 19.1 Å². The maximum Gasteiger partial charge on any atom is 0.224 e. The molecule has 4 heteroatoms. The van der Waals surface area contributed by atoms with E-state index in [0.29, 0.717) is 6.42 Å². The highest BCUT2D eigenvalue weighted by atomic mass is 19.1. The molecule has 1 aromatic carbocycles. The van der Waals surface area contributed by atoms with Gasteiger partial charge < -0.3 is 5.32 Å². The predicted octanol–water partition coefficient (Wildman–Crippen LogP) is 4.66. The maximum absolute atomic E-state index is 13.0. The van der Waals surface area contributed by atoms with Crippen LogP contribution in [0, 0.1) is 12.7 Å². The quantitative estimate of drug-likeness (QED) is 0.720. The zero-order valence-corrected chi connectivity index (χ0v) is 13.5. The molecular formula is C19H23FN2O. The molecule has 0 unspecified atom stereocenters. The van der Waals surface area contributed by atoms with E-state index in [4.69, 9.17) is 0 Å². The van der Waals surface area contributed by atoms with Crippen LogP contribution in [-0.4, -0.2) is 10.9 Å². The lowest BCUT2D eigenvalue weighted by atomic mass is 10.1. The first-order valence-electron chi connectivity index (χ1n) is 8.10. The number of carbonyl (C=O) groups excluding carboxylic acids is 1. The highest BCUT2D eigenvalue weighted by Gasteiger charge is 2.03. The van der Waals surface area contributed by atoms with Crippen LogP contribution in [0.1, 0.15) is 43.4 Å². The zero-order chi connectivity index (χ0) is 16.5. The minimum Gasteiger partial charge on any atom is -0.326 e. The summed E-state index contributed by atoms with van der Waals surface area (Å²) in [5.74, 6) is -0.133. The van der Waals surface area contributed by atoms with E-state index in [9.17, 15) is 9.18 Å². The fraction of sp³-hybridized carbons (Fsp3) is 0.368. The largest absolute Gasteiger partial charge is 0.326 e. The van der Waals surface area contributed by atoms with Gasteiger partial charge in [-0.2, -0.15) is 0 Å². The van der Waals surface area contributed by atoms with Crippen LogP contribution >= 0.6 is 0 Å². The Labute approximate surface area is 137 Å². The van der Waals surface area contributed by atoms with Crippen molar-refractivity contribution in [3.63, 3.8) is 0 Å². The molecule has 3 nitrogen and oxygen atoms in total. The number of aryl methyl sites for hydroxylation is 2. The van der Waals surface area contributed by atoms with Crippen molar-refractivity contribution in [3.05, 3.63) is 59.7 Å². The lowest BCUT2D eigenvalue weighted by Gasteiger charge is -2.06. The lowest BCUT2D eigenvalue weighted by molar-refractivity contribution is -0.116. The van der Waals surface area contributed by atoms with Gasteiger partial charge in [0, 0.05) is 24.0 Å². The Bertz CT molecular complexity index is 643. The summed E-state index contributed by atoms with van der Waals surface area (Å²) in [6.45, 7) is 1.90. The Morgan fingerprint density at radius 1 is 1.13 bits per heavy atom. The second kappa shape index (κ2) is 9.03. The molecule has 0 radical (unpaired) electrons. The molecule has 1 heterocycles. The molecule has 2 aromatic rings. The average Bonchev–Trinajstić information content (AvgIpc) is 2.51. The fourth-order valence-corrected chi connectivity index (χ4v) is 2.51. The lowest BCUT2D eigenvalue weighted by Crippen LogP contribution is -2.11. The van der Waals surface area contributed by atoms with Gasteiger partial charge in [0.2, 0.25) is 5.91 Å². The normalized spacial score (nSPS) is 10.5.